The molecule has 186 valence electrons. The highest BCUT2D eigenvalue weighted by molar-refractivity contribution is 5.90. The van der Waals surface area contributed by atoms with Gasteiger partial charge >= 0.3 is 0 Å². The monoisotopic (exact) mass is 476 g/mol. The van der Waals surface area contributed by atoms with E-state index < -0.39 is 5.75 Å². The molecule has 2 aliphatic heterocycles. The number of fused-ring (bicyclic) bond motifs is 1. The van der Waals surface area contributed by atoms with Gasteiger partial charge in [0.25, 0.3) is 0 Å². The molecule has 6 nitrogen and oxygen atoms in total. The average Bonchev–Trinajstić information content (AvgIpc) is 3.29. The van der Waals surface area contributed by atoms with Crippen LogP contribution in [0.2, 0.25) is 0 Å². The maximum atomic E-state index is 13.9. The normalized spacial score (nSPS) is 18.4. The Bertz CT molecular complexity index is 1210. The van der Waals surface area contributed by atoms with Crippen molar-refractivity contribution in [2.24, 2.45) is 0 Å². The fraction of sp³-hybridized carbons (Fsp3) is 0.483. The zero-order chi connectivity index (χ0) is 24.2. The van der Waals surface area contributed by atoms with Crippen molar-refractivity contribution in [2.45, 2.75) is 64.5 Å². The maximum absolute atomic E-state index is 13.9. The fourth-order valence-electron chi connectivity index (χ4n) is 5.84. The molecule has 6 heteroatoms. The fourth-order valence-corrected chi connectivity index (χ4v) is 5.84. The first-order valence-corrected chi connectivity index (χ1v) is 13.3. The summed E-state index contributed by atoms with van der Waals surface area (Å²) in [7, 11) is 0. The molecule has 5 rings (SSSR count). The number of benzene rings is 2. The van der Waals surface area contributed by atoms with Crippen molar-refractivity contribution in [1.82, 2.24) is 0 Å². The first-order valence-electron chi connectivity index (χ1n) is 13.3. The summed E-state index contributed by atoms with van der Waals surface area (Å²) < 4.78 is 6.24. The summed E-state index contributed by atoms with van der Waals surface area (Å²) in [6.07, 6.45) is 9.30. The summed E-state index contributed by atoms with van der Waals surface area (Å²) >= 11 is 0. The second kappa shape index (κ2) is 10.8. The average molecular weight is 477 g/mol. The second-order valence-electron chi connectivity index (χ2n) is 10.3. The second-order valence-corrected chi connectivity index (χ2v) is 10.3. The van der Waals surface area contributed by atoms with Gasteiger partial charge in [-0.05, 0) is 56.9 Å². The van der Waals surface area contributed by atoms with E-state index in [0.717, 1.165) is 57.4 Å². The van der Waals surface area contributed by atoms with Crippen molar-refractivity contribution in [2.75, 3.05) is 26.2 Å². The van der Waals surface area contributed by atoms with Gasteiger partial charge in [-0.15, -0.1) is 0 Å². The van der Waals surface area contributed by atoms with E-state index >= 15 is 0 Å². The van der Waals surface area contributed by atoms with Crippen molar-refractivity contribution in [1.29, 1.82) is 0 Å². The molecule has 0 radical (unpaired) electrons. The highest BCUT2D eigenvalue weighted by atomic mass is 16.3. The van der Waals surface area contributed by atoms with Crippen molar-refractivity contribution in [3.05, 3.63) is 57.7 Å². The molecule has 2 aliphatic rings. The van der Waals surface area contributed by atoms with E-state index in [0.29, 0.717) is 24.4 Å². The van der Waals surface area contributed by atoms with Crippen LogP contribution in [0.1, 0.15) is 62.5 Å². The molecular weight excluding hydrogens is 440 g/mol. The minimum absolute atomic E-state index is 0.0534. The Hall–Kier alpha value is -2.83. The Morgan fingerprint density at radius 3 is 1.83 bits per heavy atom. The minimum atomic E-state index is -0.426. The quantitative estimate of drug-likeness (QED) is 0.585. The molecule has 0 saturated carbocycles. The molecule has 2 N–H and O–H groups in total. The Morgan fingerprint density at radius 2 is 1.26 bits per heavy atom. The molecular formula is C29H36N2O4. The summed E-state index contributed by atoms with van der Waals surface area (Å²) in [6, 6.07) is 10.8. The number of quaternary nitrogens is 2. The van der Waals surface area contributed by atoms with Crippen molar-refractivity contribution < 1.29 is 24.4 Å². The van der Waals surface area contributed by atoms with Gasteiger partial charge in [-0.25, -0.2) is 0 Å². The molecule has 2 aromatic carbocycles. The lowest BCUT2D eigenvalue weighted by molar-refractivity contribution is -0.914. The molecule has 0 unspecified atom stereocenters. The van der Waals surface area contributed by atoms with Gasteiger partial charge in [0.2, 0.25) is 0 Å². The Morgan fingerprint density at radius 1 is 0.714 bits per heavy atom. The van der Waals surface area contributed by atoms with Gasteiger partial charge in [-0.2, -0.15) is 0 Å². The van der Waals surface area contributed by atoms with E-state index in [-0.39, 0.29) is 27.7 Å². The molecule has 0 amide bonds. The SMILES string of the molecule is O=c1cc(-c2ccccc2)oc2c(C[NH+]3CCCCCC3)c([O-])c(C[NH+]3CCCCCC3)c([O-])c12. The smallest absolute Gasteiger partial charge is 0.192 e. The Labute approximate surface area is 206 Å². The maximum Gasteiger partial charge on any atom is 0.192 e. The van der Waals surface area contributed by atoms with Gasteiger partial charge in [0.1, 0.15) is 24.4 Å². The van der Waals surface area contributed by atoms with E-state index in [2.05, 4.69) is 0 Å². The van der Waals surface area contributed by atoms with Crippen molar-refractivity contribution in [3.8, 4) is 22.8 Å². The largest absolute Gasteiger partial charge is 0.872 e. The Balaban J connectivity index is 1.65. The third kappa shape index (κ3) is 5.24. The van der Waals surface area contributed by atoms with Crippen LogP contribution in [0.25, 0.3) is 22.3 Å². The predicted molar refractivity (Wildman–Crippen MR) is 133 cm³/mol. The van der Waals surface area contributed by atoms with Gasteiger partial charge in [-0.1, -0.05) is 41.8 Å². The molecule has 2 fully saturated rings. The third-order valence-electron chi connectivity index (χ3n) is 7.80. The number of nitrogens with one attached hydrogen (secondary N) is 2. The van der Waals surface area contributed by atoms with Gasteiger partial charge < -0.3 is 24.4 Å². The Kier molecular flexibility index (Phi) is 7.40. The van der Waals surface area contributed by atoms with E-state index in [1.54, 1.807) is 0 Å². The lowest BCUT2D eigenvalue weighted by Gasteiger charge is -2.30. The lowest BCUT2D eigenvalue weighted by atomic mass is 10.00. The van der Waals surface area contributed by atoms with E-state index in [9.17, 15) is 15.0 Å². The minimum Gasteiger partial charge on any atom is -0.872 e. The first-order chi connectivity index (χ1) is 17.1. The molecule has 0 bridgehead atoms. The number of rotatable bonds is 5. The van der Waals surface area contributed by atoms with Gasteiger partial charge in [0.05, 0.1) is 31.6 Å². The highest BCUT2D eigenvalue weighted by Crippen LogP contribution is 2.36. The summed E-state index contributed by atoms with van der Waals surface area (Å²) in [5.74, 6) is -0.228. The van der Waals surface area contributed by atoms with Crippen LogP contribution in [-0.2, 0) is 13.1 Å². The number of hydrogen-bond donors (Lipinski definition) is 2. The standard InChI is InChI=1S/C29H36N2O4/c32-24-18-25(21-12-6-5-7-13-21)35-29-23(20-31-16-10-3-4-11-17-31)27(33)22(28(34)26(24)29)19-30-14-8-1-2-9-15-30/h5-7,12-13,18,33-34H,1-4,8-11,14-17,19-20H2. The topological polar surface area (TPSA) is 85.2 Å². The van der Waals surface area contributed by atoms with Crippen molar-refractivity contribution >= 4 is 11.0 Å². The van der Waals surface area contributed by atoms with Crippen LogP contribution in [0, 0.1) is 0 Å². The molecule has 0 aliphatic carbocycles. The van der Waals surface area contributed by atoms with Crippen LogP contribution in [0.5, 0.6) is 11.5 Å². The number of hydrogen-bond acceptors (Lipinski definition) is 4. The zero-order valence-electron chi connectivity index (χ0n) is 20.5. The van der Waals surface area contributed by atoms with Gasteiger partial charge in [0.15, 0.2) is 5.43 Å². The van der Waals surface area contributed by atoms with Crippen LogP contribution < -0.4 is 25.4 Å². The highest BCUT2D eigenvalue weighted by Gasteiger charge is 2.23. The molecule has 2 saturated heterocycles. The van der Waals surface area contributed by atoms with E-state index in [4.69, 9.17) is 4.42 Å². The van der Waals surface area contributed by atoms with E-state index in [1.807, 2.05) is 30.3 Å². The summed E-state index contributed by atoms with van der Waals surface area (Å²) in [4.78, 5) is 15.9. The first kappa shape index (κ1) is 23.9. The van der Waals surface area contributed by atoms with Crippen molar-refractivity contribution in [3.63, 3.8) is 0 Å². The summed E-state index contributed by atoms with van der Waals surface area (Å²) in [6.45, 7) is 4.82. The van der Waals surface area contributed by atoms with Crippen LogP contribution >= 0.6 is 0 Å². The number of likely N-dealkylation sites (tertiary alicyclic amines) is 2. The molecule has 3 heterocycles. The van der Waals surface area contributed by atoms with Crippen LogP contribution in [-0.4, -0.2) is 26.2 Å². The molecule has 35 heavy (non-hydrogen) atoms. The zero-order valence-corrected chi connectivity index (χ0v) is 20.5. The summed E-state index contributed by atoms with van der Waals surface area (Å²) in [5, 5.41) is 27.5. The van der Waals surface area contributed by atoms with E-state index in [1.165, 1.54) is 41.5 Å². The predicted octanol–water partition coefficient (Wildman–Crippen LogP) is 1.53. The van der Waals surface area contributed by atoms with Crippen LogP contribution in [0.15, 0.2) is 45.6 Å². The third-order valence-corrected chi connectivity index (χ3v) is 7.80. The molecule has 0 spiro atoms. The molecule has 3 aromatic rings. The summed E-state index contributed by atoms with van der Waals surface area (Å²) in [5.41, 5.74) is 1.40. The lowest BCUT2D eigenvalue weighted by Crippen LogP contribution is -3.10. The van der Waals surface area contributed by atoms with Gasteiger partial charge in [-0.3, -0.25) is 4.79 Å². The van der Waals surface area contributed by atoms with Crippen LogP contribution in [0.4, 0.5) is 0 Å². The molecule has 1 aromatic heterocycles. The van der Waals surface area contributed by atoms with Crippen LogP contribution in [0.3, 0.4) is 0 Å². The van der Waals surface area contributed by atoms with Gasteiger partial charge in [0, 0.05) is 17.2 Å². The molecule has 0 atom stereocenters.